The first-order valence-electron chi connectivity index (χ1n) is 5.50. The van der Waals surface area contributed by atoms with Gasteiger partial charge in [-0.15, -0.1) is 11.3 Å². The molecule has 1 aromatic rings. The molecule has 1 unspecified atom stereocenters. The van der Waals surface area contributed by atoms with Crippen LogP contribution in [-0.2, 0) is 0 Å². The van der Waals surface area contributed by atoms with Crippen LogP contribution in [0, 0.1) is 12.8 Å². The molecule has 0 saturated heterocycles. The number of likely N-dealkylation sites (N-methyl/N-ethyl adjacent to an activating group) is 1. The van der Waals surface area contributed by atoms with Crippen LogP contribution in [-0.4, -0.2) is 25.0 Å². The average Bonchev–Trinajstić information content (AvgIpc) is 2.52. The van der Waals surface area contributed by atoms with Gasteiger partial charge in [-0.05, 0) is 36.9 Å². The van der Waals surface area contributed by atoms with Gasteiger partial charge in [-0.3, -0.25) is 4.90 Å². The second-order valence-corrected chi connectivity index (χ2v) is 5.50. The summed E-state index contributed by atoms with van der Waals surface area (Å²) in [6.45, 7) is 8.44. The van der Waals surface area contributed by atoms with Gasteiger partial charge in [0.15, 0.2) is 0 Å². The van der Waals surface area contributed by atoms with Crippen molar-refractivity contribution in [3.05, 3.63) is 21.9 Å². The summed E-state index contributed by atoms with van der Waals surface area (Å²) < 4.78 is 0. The first kappa shape index (κ1) is 12.7. The van der Waals surface area contributed by atoms with Gasteiger partial charge in [0.2, 0.25) is 0 Å². The Morgan fingerprint density at radius 3 is 2.53 bits per heavy atom. The van der Waals surface area contributed by atoms with E-state index < -0.39 is 0 Å². The maximum atomic E-state index is 5.87. The molecule has 0 amide bonds. The fourth-order valence-corrected chi connectivity index (χ4v) is 3.02. The minimum Gasteiger partial charge on any atom is -0.329 e. The van der Waals surface area contributed by atoms with Gasteiger partial charge in [0.25, 0.3) is 0 Å². The Morgan fingerprint density at radius 2 is 2.13 bits per heavy atom. The first-order chi connectivity index (χ1) is 7.06. The van der Waals surface area contributed by atoms with E-state index in [0.29, 0.717) is 18.5 Å². The van der Waals surface area contributed by atoms with Crippen molar-refractivity contribution in [2.24, 2.45) is 11.7 Å². The number of rotatable bonds is 5. The SMILES string of the molecule is Cc1ccsc1C(CN)N(C)CC(C)C. The highest BCUT2D eigenvalue weighted by Crippen LogP contribution is 2.27. The van der Waals surface area contributed by atoms with Crippen molar-refractivity contribution >= 4 is 11.3 Å². The molecule has 3 heteroatoms. The molecule has 0 aliphatic carbocycles. The van der Waals surface area contributed by atoms with Crippen molar-refractivity contribution in [2.45, 2.75) is 26.8 Å². The lowest BCUT2D eigenvalue weighted by molar-refractivity contribution is 0.226. The largest absolute Gasteiger partial charge is 0.329 e. The molecule has 1 rings (SSSR count). The third kappa shape index (κ3) is 3.30. The van der Waals surface area contributed by atoms with E-state index in [1.54, 1.807) is 0 Å². The van der Waals surface area contributed by atoms with Gasteiger partial charge in [0, 0.05) is 18.0 Å². The summed E-state index contributed by atoms with van der Waals surface area (Å²) in [5, 5.41) is 2.15. The average molecular weight is 226 g/mol. The molecular weight excluding hydrogens is 204 g/mol. The molecule has 0 aromatic carbocycles. The van der Waals surface area contributed by atoms with Crippen molar-refractivity contribution < 1.29 is 0 Å². The second-order valence-electron chi connectivity index (χ2n) is 4.55. The highest BCUT2D eigenvalue weighted by Gasteiger charge is 2.18. The zero-order chi connectivity index (χ0) is 11.4. The summed E-state index contributed by atoms with van der Waals surface area (Å²) >= 11 is 1.82. The maximum absolute atomic E-state index is 5.87. The highest BCUT2D eigenvalue weighted by molar-refractivity contribution is 7.10. The summed E-state index contributed by atoms with van der Waals surface area (Å²) in [5.41, 5.74) is 7.24. The Labute approximate surface area is 97.1 Å². The quantitative estimate of drug-likeness (QED) is 0.836. The van der Waals surface area contributed by atoms with Crippen molar-refractivity contribution in [3.8, 4) is 0 Å². The van der Waals surface area contributed by atoms with Crippen LogP contribution < -0.4 is 5.73 Å². The van der Waals surface area contributed by atoms with E-state index in [4.69, 9.17) is 5.73 Å². The number of aryl methyl sites for hydroxylation is 1. The van der Waals surface area contributed by atoms with Gasteiger partial charge < -0.3 is 5.73 Å². The highest BCUT2D eigenvalue weighted by atomic mass is 32.1. The first-order valence-corrected chi connectivity index (χ1v) is 6.38. The third-order valence-electron chi connectivity index (χ3n) is 2.61. The predicted octanol–water partition coefficient (Wildman–Crippen LogP) is 2.64. The van der Waals surface area contributed by atoms with Crippen molar-refractivity contribution in [1.29, 1.82) is 0 Å². The van der Waals surface area contributed by atoms with Gasteiger partial charge in [0.1, 0.15) is 0 Å². The Balaban J connectivity index is 2.75. The fourth-order valence-electron chi connectivity index (χ4n) is 1.92. The molecule has 0 fully saturated rings. The zero-order valence-corrected chi connectivity index (χ0v) is 11.0. The van der Waals surface area contributed by atoms with E-state index in [9.17, 15) is 0 Å². The van der Waals surface area contributed by atoms with Crippen LogP contribution in [0.15, 0.2) is 11.4 Å². The Morgan fingerprint density at radius 1 is 1.47 bits per heavy atom. The van der Waals surface area contributed by atoms with Gasteiger partial charge in [-0.25, -0.2) is 0 Å². The van der Waals surface area contributed by atoms with Gasteiger partial charge >= 0.3 is 0 Å². The molecule has 0 bridgehead atoms. The topological polar surface area (TPSA) is 29.3 Å². The van der Waals surface area contributed by atoms with Crippen LogP contribution in [0.4, 0.5) is 0 Å². The van der Waals surface area contributed by atoms with Crippen LogP contribution in [0.1, 0.15) is 30.3 Å². The maximum Gasteiger partial charge on any atom is 0.0564 e. The molecular formula is C12H22N2S. The molecule has 0 spiro atoms. The van der Waals surface area contributed by atoms with E-state index in [0.717, 1.165) is 6.54 Å². The van der Waals surface area contributed by atoms with E-state index in [1.807, 2.05) is 11.3 Å². The zero-order valence-electron chi connectivity index (χ0n) is 10.2. The van der Waals surface area contributed by atoms with Crippen LogP contribution >= 0.6 is 11.3 Å². The molecule has 0 aliphatic heterocycles. The smallest absolute Gasteiger partial charge is 0.0564 e. The standard InChI is InChI=1S/C12H22N2S/c1-9(2)8-14(4)11(7-13)12-10(3)5-6-15-12/h5-6,9,11H,7-8,13H2,1-4H3. The Bertz CT molecular complexity index is 294. The van der Waals surface area contributed by atoms with Crippen LogP contribution in [0.5, 0.6) is 0 Å². The molecule has 0 aliphatic rings. The third-order valence-corrected chi connectivity index (χ3v) is 3.73. The minimum atomic E-state index is 0.382. The molecule has 86 valence electrons. The van der Waals surface area contributed by atoms with Gasteiger partial charge in [-0.2, -0.15) is 0 Å². The number of thiophene rings is 1. The number of nitrogens with two attached hydrogens (primary N) is 1. The number of hydrogen-bond donors (Lipinski definition) is 1. The van der Waals surface area contributed by atoms with Crippen molar-refractivity contribution in [3.63, 3.8) is 0 Å². The normalized spacial score (nSPS) is 13.8. The molecule has 1 aromatic heterocycles. The number of nitrogens with zero attached hydrogens (tertiary/aromatic N) is 1. The molecule has 0 radical (unpaired) electrons. The van der Waals surface area contributed by atoms with Crippen molar-refractivity contribution in [2.75, 3.05) is 20.1 Å². The lowest BCUT2D eigenvalue weighted by atomic mass is 10.1. The lowest BCUT2D eigenvalue weighted by Crippen LogP contribution is -2.33. The van der Waals surface area contributed by atoms with Gasteiger partial charge in [0.05, 0.1) is 6.04 Å². The summed E-state index contributed by atoms with van der Waals surface area (Å²) in [6, 6.07) is 2.55. The van der Waals surface area contributed by atoms with E-state index in [1.165, 1.54) is 10.4 Å². The minimum absolute atomic E-state index is 0.382. The molecule has 15 heavy (non-hydrogen) atoms. The predicted molar refractivity (Wildman–Crippen MR) is 68.3 cm³/mol. The summed E-state index contributed by atoms with van der Waals surface area (Å²) in [6.07, 6.45) is 0. The van der Waals surface area contributed by atoms with Crippen LogP contribution in [0.25, 0.3) is 0 Å². The van der Waals surface area contributed by atoms with Gasteiger partial charge in [-0.1, -0.05) is 13.8 Å². The fraction of sp³-hybridized carbons (Fsp3) is 0.667. The number of hydrogen-bond acceptors (Lipinski definition) is 3. The molecule has 1 atom stereocenters. The van der Waals surface area contributed by atoms with E-state index in [-0.39, 0.29) is 0 Å². The second kappa shape index (κ2) is 5.64. The van der Waals surface area contributed by atoms with Crippen molar-refractivity contribution in [1.82, 2.24) is 4.90 Å². The summed E-state index contributed by atoms with van der Waals surface area (Å²) in [5.74, 6) is 0.685. The van der Waals surface area contributed by atoms with E-state index >= 15 is 0 Å². The Kier molecular flexibility index (Phi) is 4.77. The van der Waals surface area contributed by atoms with Crippen LogP contribution in [0.3, 0.4) is 0 Å². The monoisotopic (exact) mass is 226 g/mol. The van der Waals surface area contributed by atoms with E-state index in [2.05, 4.69) is 44.2 Å². The molecule has 1 heterocycles. The summed E-state index contributed by atoms with van der Waals surface area (Å²) in [7, 11) is 2.16. The lowest BCUT2D eigenvalue weighted by Gasteiger charge is -2.28. The molecule has 0 saturated carbocycles. The molecule has 2 N–H and O–H groups in total. The molecule has 2 nitrogen and oxygen atoms in total. The Hall–Kier alpha value is -0.380. The van der Waals surface area contributed by atoms with Crippen LogP contribution in [0.2, 0.25) is 0 Å². The summed E-state index contributed by atoms with van der Waals surface area (Å²) in [4.78, 5) is 3.78.